The van der Waals surface area contributed by atoms with E-state index < -0.39 is 0 Å². The van der Waals surface area contributed by atoms with E-state index in [4.69, 9.17) is 4.42 Å². The van der Waals surface area contributed by atoms with E-state index in [0.29, 0.717) is 6.04 Å². The molecule has 2 aromatic heterocycles. The van der Waals surface area contributed by atoms with Crippen LogP contribution in [-0.4, -0.2) is 41.8 Å². The largest absolute Gasteiger partial charge is 0.467 e. The molecule has 1 amide bonds. The molecule has 0 aliphatic carbocycles. The third-order valence-electron chi connectivity index (χ3n) is 4.24. The van der Waals surface area contributed by atoms with Crippen molar-refractivity contribution in [1.29, 1.82) is 0 Å². The third-order valence-corrected chi connectivity index (χ3v) is 4.24. The molecule has 1 aliphatic rings. The Hall–Kier alpha value is -2.41. The number of nitrogens with one attached hydrogen (secondary N) is 2. The fourth-order valence-corrected chi connectivity index (χ4v) is 3.05. The highest BCUT2D eigenvalue weighted by Gasteiger charge is 2.25. The molecule has 2 aromatic rings. The summed E-state index contributed by atoms with van der Waals surface area (Å²) >= 11 is 0. The predicted molar refractivity (Wildman–Crippen MR) is 90.5 cm³/mol. The molecule has 1 fully saturated rings. The van der Waals surface area contributed by atoms with Gasteiger partial charge >= 0.3 is 0 Å². The summed E-state index contributed by atoms with van der Waals surface area (Å²) in [6.45, 7) is 3.92. The van der Waals surface area contributed by atoms with Crippen molar-refractivity contribution in [3.8, 4) is 0 Å². The molecule has 2 atom stereocenters. The number of anilines is 1. The highest BCUT2D eigenvalue weighted by Crippen LogP contribution is 2.22. The fourth-order valence-electron chi connectivity index (χ4n) is 3.05. The number of aromatic nitrogens is 2. The molecule has 128 valence electrons. The molecule has 0 spiro atoms. The van der Waals surface area contributed by atoms with Crippen molar-refractivity contribution in [3.63, 3.8) is 0 Å². The zero-order valence-electron chi connectivity index (χ0n) is 13.8. The van der Waals surface area contributed by atoms with Gasteiger partial charge in [0.1, 0.15) is 5.76 Å². The lowest BCUT2D eigenvalue weighted by Gasteiger charge is -2.25. The summed E-state index contributed by atoms with van der Waals surface area (Å²) in [5, 5.41) is 14.3. The Morgan fingerprint density at radius 3 is 3.12 bits per heavy atom. The minimum atomic E-state index is -0.128. The second-order valence-electron chi connectivity index (χ2n) is 6.01. The zero-order chi connectivity index (χ0) is 16.8. The van der Waals surface area contributed by atoms with E-state index in [1.807, 2.05) is 31.2 Å². The van der Waals surface area contributed by atoms with Crippen LogP contribution in [0.2, 0.25) is 0 Å². The number of hydrogen-bond donors (Lipinski definition) is 2. The lowest BCUT2D eigenvalue weighted by molar-refractivity contribution is -0.121. The highest BCUT2D eigenvalue weighted by molar-refractivity contribution is 5.78. The first kappa shape index (κ1) is 16.4. The fraction of sp³-hybridized carbons (Fsp3) is 0.471. The Balaban J connectivity index is 1.43. The molecule has 0 bridgehead atoms. The van der Waals surface area contributed by atoms with E-state index in [-0.39, 0.29) is 18.5 Å². The number of carbonyl (C=O) groups excluding carboxylic acids is 1. The maximum absolute atomic E-state index is 12.0. The molecule has 1 aliphatic heterocycles. The van der Waals surface area contributed by atoms with Crippen LogP contribution in [-0.2, 0) is 4.79 Å². The Labute approximate surface area is 141 Å². The van der Waals surface area contributed by atoms with E-state index in [1.54, 1.807) is 12.5 Å². The SMILES string of the molecule is C[C@H](NC(=O)CNC[C@@H]1CCCN1c1cccnn1)c1ccco1. The van der Waals surface area contributed by atoms with Gasteiger partial charge in [-0.15, -0.1) is 5.10 Å². The van der Waals surface area contributed by atoms with Crippen molar-refractivity contribution in [2.75, 3.05) is 24.5 Å². The number of nitrogens with zero attached hydrogens (tertiary/aromatic N) is 3. The van der Waals surface area contributed by atoms with Crippen LogP contribution < -0.4 is 15.5 Å². The zero-order valence-corrected chi connectivity index (χ0v) is 13.8. The molecule has 1 saturated heterocycles. The van der Waals surface area contributed by atoms with Crippen LogP contribution >= 0.6 is 0 Å². The molecular weight excluding hydrogens is 306 g/mol. The number of hydrogen-bond acceptors (Lipinski definition) is 6. The van der Waals surface area contributed by atoms with Crippen LogP contribution in [0.3, 0.4) is 0 Å². The lowest BCUT2D eigenvalue weighted by Crippen LogP contribution is -2.42. The quantitative estimate of drug-likeness (QED) is 0.801. The average Bonchev–Trinajstić information content (AvgIpc) is 3.27. The first-order chi connectivity index (χ1) is 11.7. The Morgan fingerprint density at radius 2 is 2.38 bits per heavy atom. The lowest BCUT2D eigenvalue weighted by atomic mass is 10.2. The van der Waals surface area contributed by atoms with E-state index in [9.17, 15) is 4.79 Å². The van der Waals surface area contributed by atoms with E-state index >= 15 is 0 Å². The number of furan rings is 1. The molecule has 7 heteroatoms. The second-order valence-corrected chi connectivity index (χ2v) is 6.01. The van der Waals surface area contributed by atoms with Gasteiger partial charge in [-0.2, -0.15) is 5.10 Å². The molecule has 7 nitrogen and oxygen atoms in total. The maximum atomic E-state index is 12.0. The van der Waals surface area contributed by atoms with E-state index in [1.165, 1.54) is 0 Å². The summed E-state index contributed by atoms with van der Waals surface area (Å²) in [7, 11) is 0. The summed E-state index contributed by atoms with van der Waals surface area (Å²) in [5.41, 5.74) is 0. The minimum absolute atomic E-state index is 0.0389. The van der Waals surface area contributed by atoms with Gasteiger partial charge in [0.05, 0.1) is 18.8 Å². The van der Waals surface area contributed by atoms with Gasteiger partial charge in [-0.1, -0.05) is 0 Å². The van der Waals surface area contributed by atoms with Crippen LogP contribution in [0.4, 0.5) is 5.82 Å². The summed E-state index contributed by atoms with van der Waals surface area (Å²) in [5.74, 6) is 1.62. The molecule has 0 radical (unpaired) electrons. The molecule has 0 saturated carbocycles. The van der Waals surface area contributed by atoms with Crippen LogP contribution in [0, 0.1) is 0 Å². The minimum Gasteiger partial charge on any atom is -0.467 e. The average molecular weight is 329 g/mol. The Bertz CT molecular complexity index is 632. The smallest absolute Gasteiger partial charge is 0.234 e. The van der Waals surface area contributed by atoms with Crippen LogP contribution in [0.15, 0.2) is 41.1 Å². The van der Waals surface area contributed by atoms with Gasteiger partial charge < -0.3 is 20.0 Å². The molecular formula is C17H23N5O2. The van der Waals surface area contributed by atoms with Crippen molar-refractivity contribution in [3.05, 3.63) is 42.5 Å². The van der Waals surface area contributed by atoms with Gasteiger partial charge in [0.2, 0.25) is 5.91 Å². The molecule has 0 aromatic carbocycles. The molecule has 3 heterocycles. The molecule has 3 rings (SSSR count). The Kier molecular flexibility index (Phi) is 5.43. The summed E-state index contributed by atoms with van der Waals surface area (Å²) in [6, 6.07) is 7.76. The van der Waals surface area contributed by atoms with E-state index in [2.05, 4.69) is 25.7 Å². The highest BCUT2D eigenvalue weighted by atomic mass is 16.3. The maximum Gasteiger partial charge on any atom is 0.234 e. The van der Waals surface area contributed by atoms with Gasteiger partial charge in [0, 0.05) is 25.3 Å². The van der Waals surface area contributed by atoms with Gasteiger partial charge in [0.15, 0.2) is 5.82 Å². The molecule has 2 N–H and O–H groups in total. The Morgan fingerprint density at radius 1 is 1.46 bits per heavy atom. The van der Waals surface area contributed by atoms with Crippen LogP contribution in [0.25, 0.3) is 0 Å². The first-order valence-electron chi connectivity index (χ1n) is 8.32. The van der Waals surface area contributed by atoms with Crippen LogP contribution in [0.5, 0.6) is 0 Å². The predicted octanol–water partition coefficient (Wildman–Crippen LogP) is 1.51. The van der Waals surface area contributed by atoms with Crippen molar-refractivity contribution in [2.45, 2.75) is 31.8 Å². The molecule has 24 heavy (non-hydrogen) atoms. The van der Waals surface area contributed by atoms with E-state index in [0.717, 1.165) is 37.5 Å². The standard InChI is InChI=1S/C17H23N5O2/c1-13(15-6-4-10-24-15)20-17(23)12-18-11-14-5-3-9-22(14)16-7-2-8-19-21-16/h2,4,6-8,10,13-14,18H,3,5,9,11-12H2,1H3,(H,20,23)/t13-,14-/m0/s1. The second kappa shape index (κ2) is 7.92. The van der Waals surface area contributed by atoms with Gasteiger partial charge in [0.25, 0.3) is 0 Å². The van der Waals surface area contributed by atoms with Gasteiger partial charge in [-0.05, 0) is 44.0 Å². The monoisotopic (exact) mass is 329 g/mol. The third kappa shape index (κ3) is 4.11. The van der Waals surface area contributed by atoms with Crippen LogP contribution in [0.1, 0.15) is 31.6 Å². The topological polar surface area (TPSA) is 83.3 Å². The normalized spacial score (nSPS) is 18.5. The van der Waals surface area contributed by atoms with Crippen molar-refractivity contribution < 1.29 is 9.21 Å². The number of carbonyl (C=O) groups is 1. The molecule has 0 unspecified atom stereocenters. The van der Waals surface area contributed by atoms with Gasteiger partial charge in [-0.25, -0.2) is 0 Å². The summed E-state index contributed by atoms with van der Waals surface area (Å²) in [6.07, 6.45) is 5.51. The number of amides is 1. The first-order valence-corrected chi connectivity index (χ1v) is 8.32. The number of rotatable bonds is 7. The van der Waals surface area contributed by atoms with Crippen molar-refractivity contribution in [1.82, 2.24) is 20.8 Å². The van der Waals surface area contributed by atoms with Crippen molar-refractivity contribution in [2.24, 2.45) is 0 Å². The van der Waals surface area contributed by atoms with Gasteiger partial charge in [-0.3, -0.25) is 4.79 Å². The summed E-state index contributed by atoms with van der Waals surface area (Å²) < 4.78 is 5.29. The summed E-state index contributed by atoms with van der Waals surface area (Å²) in [4.78, 5) is 14.3. The van der Waals surface area contributed by atoms with Crippen molar-refractivity contribution >= 4 is 11.7 Å².